The molecular formula is C23H22N4O4S. The number of thioether (sulfide) groups is 1. The molecule has 0 aliphatic heterocycles. The first-order valence-corrected chi connectivity index (χ1v) is 10.8. The Balaban J connectivity index is 1.55. The number of furan rings is 1. The van der Waals surface area contributed by atoms with Gasteiger partial charge in [-0.3, -0.25) is 9.36 Å². The van der Waals surface area contributed by atoms with Gasteiger partial charge < -0.3 is 19.2 Å². The van der Waals surface area contributed by atoms with E-state index in [1.54, 1.807) is 32.6 Å². The minimum atomic E-state index is -0.171. The van der Waals surface area contributed by atoms with Gasteiger partial charge in [-0.2, -0.15) is 0 Å². The molecule has 0 atom stereocenters. The molecule has 32 heavy (non-hydrogen) atoms. The van der Waals surface area contributed by atoms with Crippen molar-refractivity contribution in [1.82, 2.24) is 14.8 Å². The van der Waals surface area contributed by atoms with E-state index in [1.165, 1.54) is 11.8 Å². The molecule has 2 heterocycles. The SMILES string of the molecule is COc1cccc(-c2nnc(SCC(=O)Nc3ccccc3OC)n2Cc2ccco2)c1. The number of amides is 1. The van der Waals surface area contributed by atoms with Crippen LogP contribution in [0.5, 0.6) is 11.5 Å². The van der Waals surface area contributed by atoms with Gasteiger partial charge in [-0.15, -0.1) is 10.2 Å². The summed E-state index contributed by atoms with van der Waals surface area (Å²) in [6, 6.07) is 18.6. The predicted molar refractivity (Wildman–Crippen MR) is 122 cm³/mol. The molecule has 0 spiro atoms. The second kappa shape index (κ2) is 10.1. The number of para-hydroxylation sites is 2. The van der Waals surface area contributed by atoms with Crippen molar-refractivity contribution in [3.8, 4) is 22.9 Å². The fourth-order valence-corrected chi connectivity index (χ4v) is 3.87. The average molecular weight is 451 g/mol. The highest BCUT2D eigenvalue weighted by molar-refractivity contribution is 7.99. The van der Waals surface area contributed by atoms with Crippen LogP contribution >= 0.6 is 11.8 Å². The number of nitrogens with one attached hydrogen (secondary N) is 1. The van der Waals surface area contributed by atoms with Crippen molar-refractivity contribution >= 4 is 23.4 Å². The number of anilines is 1. The van der Waals surface area contributed by atoms with Crippen LogP contribution in [0.25, 0.3) is 11.4 Å². The van der Waals surface area contributed by atoms with Crippen molar-refractivity contribution < 1.29 is 18.7 Å². The molecule has 0 aliphatic carbocycles. The Labute approximate surface area is 189 Å². The summed E-state index contributed by atoms with van der Waals surface area (Å²) in [7, 11) is 3.19. The highest BCUT2D eigenvalue weighted by Gasteiger charge is 2.18. The van der Waals surface area contributed by atoms with Gasteiger partial charge in [-0.1, -0.05) is 36.0 Å². The fourth-order valence-electron chi connectivity index (χ4n) is 3.14. The minimum absolute atomic E-state index is 0.159. The van der Waals surface area contributed by atoms with E-state index in [9.17, 15) is 4.79 Å². The molecule has 0 saturated carbocycles. The highest BCUT2D eigenvalue weighted by Crippen LogP contribution is 2.28. The molecule has 0 unspecified atom stereocenters. The second-order valence-electron chi connectivity index (χ2n) is 6.74. The van der Waals surface area contributed by atoms with Crippen LogP contribution < -0.4 is 14.8 Å². The average Bonchev–Trinajstić information content (AvgIpc) is 3.48. The van der Waals surface area contributed by atoms with Crippen LogP contribution in [0.2, 0.25) is 0 Å². The lowest BCUT2D eigenvalue weighted by atomic mass is 10.2. The summed E-state index contributed by atoms with van der Waals surface area (Å²) in [4.78, 5) is 12.6. The highest BCUT2D eigenvalue weighted by atomic mass is 32.2. The topological polar surface area (TPSA) is 91.4 Å². The largest absolute Gasteiger partial charge is 0.497 e. The van der Waals surface area contributed by atoms with Crippen molar-refractivity contribution in [3.63, 3.8) is 0 Å². The molecule has 164 valence electrons. The number of benzene rings is 2. The number of hydrogen-bond acceptors (Lipinski definition) is 7. The van der Waals surface area contributed by atoms with Crippen LogP contribution in [-0.4, -0.2) is 40.6 Å². The summed E-state index contributed by atoms with van der Waals surface area (Å²) in [5.41, 5.74) is 1.48. The zero-order chi connectivity index (χ0) is 22.3. The first-order valence-electron chi connectivity index (χ1n) is 9.83. The lowest BCUT2D eigenvalue weighted by Gasteiger charge is -2.11. The van der Waals surface area contributed by atoms with Crippen molar-refractivity contribution in [1.29, 1.82) is 0 Å². The van der Waals surface area contributed by atoms with Crippen LogP contribution in [0, 0.1) is 0 Å². The molecule has 0 radical (unpaired) electrons. The van der Waals surface area contributed by atoms with Crippen LogP contribution in [0.1, 0.15) is 5.76 Å². The molecule has 1 N–H and O–H groups in total. The molecular weight excluding hydrogens is 428 g/mol. The maximum atomic E-state index is 12.6. The normalized spacial score (nSPS) is 10.7. The van der Waals surface area contributed by atoms with Gasteiger partial charge >= 0.3 is 0 Å². The molecule has 9 heteroatoms. The number of methoxy groups -OCH3 is 2. The van der Waals surface area contributed by atoms with E-state index in [0.717, 1.165) is 17.1 Å². The number of carbonyl (C=O) groups excluding carboxylic acids is 1. The number of rotatable bonds is 9. The molecule has 4 rings (SSSR count). The maximum absolute atomic E-state index is 12.6. The Hall–Kier alpha value is -3.72. The van der Waals surface area contributed by atoms with E-state index in [-0.39, 0.29) is 11.7 Å². The lowest BCUT2D eigenvalue weighted by molar-refractivity contribution is -0.113. The number of nitrogens with zero attached hydrogens (tertiary/aromatic N) is 3. The van der Waals surface area contributed by atoms with Crippen molar-refractivity contribution in [2.75, 3.05) is 25.3 Å². The van der Waals surface area contributed by atoms with Crippen molar-refractivity contribution in [2.45, 2.75) is 11.7 Å². The van der Waals surface area contributed by atoms with Gasteiger partial charge in [-0.05, 0) is 36.4 Å². The number of aromatic nitrogens is 3. The summed E-state index contributed by atoms with van der Waals surface area (Å²) in [6.07, 6.45) is 1.62. The van der Waals surface area contributed by atoms with Gasteiger partial charge in [0.15, 0.2) is 11.0 Å². The van der Waals surface area contributed by atoms with E-state index >= 15 is 0 Å². The Kier molecular flexibility index (Phi) is 6.76. The van der Waals surface area contributed by atoms with E-state index < -0.39 is 0 Å². The maximum Gasteiger partial charge on any atom is 0.234 e. The summed E-state index contributed by atoms with van der Waals surface area (Å²) >= 11 is 1.30. The standard InChI is InChI=1S/C23H22N4O4S/c1-29-17-8-5-7-16(13-17)22-25-26-23(27(22)14-18-9-6-12-31-18)32-15-21(28)24-19-10-3-4-11-20(19)30-2/h3-13H,14-15H2,1-2H3,(H,24,28). The van der Waals surface area contributed by atoms with Crippen LogP contribution in [0.3, 0.4) is 0 Å². The number of carbonyl (C=O) groups is 1. The third-order valence-electron chi connectivity index (χ3n) is 4.65. The summed E-state index contributed by atoms with van der Waals surface area (Å²) in [5, 5.41) is 12.2. The summed E-state index contributed by atoms with van der Waals surface area (Å²) in [6.45, 7) is 0.434. The van der Waals surface area contributed by atoms with Crippen molar-refractivity contribution in [3.05, 3.63) is 72.7 Å². The minimum Gasteiger partial charge on any atom is -0.497 e. The molecule has 2 aromatic heterocycles. The first-order chi connectivity index (χ1) is 15.7. The molecule has 0 bridgehead atoms. The molecule has 1 amide bonds. The van der Waals surface area contributed by atoms with Crippen LogP contribution in [0.4, 0.5) is 5.69 Å². The summed E-state index contributed by atoms with van der Waals surface area (Å²) < 4.78 is 18.1. The lowest BCUT2D eigenvalue weighted by Crippen LogP contribution is -2.15. The quantitative estimate of drug-likeness (QED) is 0.379. The van der Waals surface area contributed by atoms with E-state index in [1.807, 2.05) is 53.1 Å². The Morgan fingerprint density at radius 2 is 1.94 bits per heavy atom. The van der Waals surface area contributed by atoms with E-state index in [2.05, 4.69) is 15.5 Å². The first kappa shape index (κ1) is 21.5. The second-order valence-corrected chi connectivity index (χ2v) is 7.68. The summed E-state index contributed by atoms with van der Waals surface area (Å²) in [5.74, 6) is 2.73. The number of hydrogen-bond donors (Lipinski definition) is 1. The van der Waals surface area contributed by atoms with E-state index in [0.29, 0.717) is 29.0 Å². The van der Waals surface area contributed by atoms with E-state index in [4.69, 9.17) is 13.9 Å². The Morgan fingerprint density at radius 3 is 2.72 bits per heavy atom. The fraction of sp³-hybridized carbons (Fsp3) is 0.174. The predicted octanol–water partition coefficient (Wildman–Crippen LogP) is 4.33. The van der Waals surface area contributed by atoms with Gasteiger partial charge in [0.2, 0.25) is 5.91 Å². The Morgan fingerprint density at radius 1 is 1.06 bits per heavy atom. The Bertz CT molecular complexity index is 1190. The van der Waals surface area contributed by atoms with Gasteiger partial charge in [0, 0.05) is 5.56 Å². The molecule has 4 aromatic rings. The molecule has 2 aromatic carbocycles. The van der Waals surface area contributed by atoms with Crippen LogP contribution in [-0.2, 0) is 11.3 Å². The van der Waals surface area contributed by atoms with Gasteiger partial charge in [0.1, 0.15) is 17.3 Å². The monoisotopic (exact) mass is 450 g/mol. The zero-order valence-electron chi connectivity index (χ0n) is 17.6. The van der Waals surface area contributed by atoms with Gasteiger partial charge in [0.05, 0.1) is 38.5 Å². The van der Waals surface area contributed by atoms with Gasteiger partial charge in [0.25, 0.3) is 0 Å². The van der Waals surface area contributed by atoms with Crippen LogP contribution in [0.15, 0.2) is 76.5 Å². The smallest absolute Gasteiger partial charge is 0.234 e. The third kappa shape index (κ3) is 4.94. The molecule has 0 aliphatic rings. The molecule has 0 saturated heterocycles. The van der Waals surface area contributed by atoms with Crippen molar-refractivity contribution in [2.24, 2.45) is 0 Å². The molecule has 0 fully saturated rings. The number of ether oxygens (including phenoxy) is 2. The zero-order valence-corrected chi connectivity index (χ0v) is 18.5. The van der Waals surface area contributed by atoms with Gasteiger partial charge in [-0.25, -0.2) is 0 Å². The molecule has 8 nitrogen and oxygen atoms in total. The third-order valence-corrected chi connectivity index (χ3v) is 5.62.